The fourth-order valence-corrected chi connectivity index (χ4v) is 11.9. The molecule has 1 unspecified atom stereocenters. The Hall–Kier alpha value is -1.22. The minimum Gasteiger partial charge on any atom is -0.466 e. The SMILES string of the molecule is CCCCCCCCCCCCCCCOC(=O)CCCN(CCCC(=O)OCCCCCCCCCCCCCCC)CC(O)CN(CCCCCCCCCCCCCC)CCCCNCCCCCCCCCCCCCC. The van der Waals surface area contributed by atoms with Crippen molar-refractivity contribution in [2.75, 3.05) is 65.6 Å². The van der Waals surface area contributed by atoms with Crippen LogP contribution in [0.5, 0.6) is 0 Å². The molecule has 0 saturated heterocycles. The molecule has 0 aliphatic carbocycles. The second-order valence-corrected chi connectivity index (χ2v) is 25.6. The van der Waals surface area contributed by atoms with Crippen LogP contribution in [0.2, 0.25) is 0 Å². The first-order valence-electron chi connectivity index (χ1n) is 37.1. The van der Waals surface area contributed by atoms with Crippen LogP contribution in [0.3, 0.4) is 0 Å². The van der Waals surface area contributed by atoms with Gasteiger partial charge in [0.1, 0.15) is 0 Å². The third-order valence-electron chi connectivity index (χ3n) is 17.3. The van der Waals surface area contributed by atoms with Gasteiger partial charge >= 0.3 is 11.9 Å². The molecule has 8 nitrogen and oxygen atoms in total. The first kappa shape index (κ1) is 79.8. The Balaban J connectivity index is 5.05. The summed E-state index contributed by atoms with van der Waals surface area (Å²) in [6, 6.07) is 0. The molecule has 0 saturated carbocycles. The van der Waals surface area contributed by atoms with Crippen LogP contribution in [0.4, 0.5) is 0 Å². The summed E-state index contributed by atoms with van der Waals surface area (Å²) in [5, 5.41) is 15.5. The number of aliphatic hydroxyl groups is 1. The molecule has 0 fully saturated rings. The third-order valence-corrected chi connectivity index (χ3v) is 17.3. The molecule has 0 bridgehead atoms. The van der Waals surface area contributed by atoms with Gasteiger partial charge < -0.3 is 29.7 Å². The van der Waals surface area contributed by atoms with Crippen molar-refractivity contribution in [3.63, 3.8) is 0 Å². The summed E-state index contributed by atoms with van der Waals surface area (Å²) in [7, 11) is 0. The molecule has 81 heavy (non-hydrogen) atoms. The maximum absolute atomic E-state index is 12.9. The number of aliphatic hydroxyl groups excluding tert-OH is 1. The van der Waals surface area contributed by atoms with E-state index < -0.39 is 6.10 Å². The molecular formula is C73H147N3O5. The molecule has 0 heterocycles. The summed E-state index contributed by atoms with van der Waals surface area (Å²) in [6.07, 6.45) is 70.8. The summed E-state index contributed by atoms with van der Waals surface area (Å²) < 4.78 is 11.4. The molecule has 0 rings (SSSR count). The molecule has 0 aliphatic rings. The van der Waals surface area contributed by atoms with Crippen LogP contribution in [0.15, 0.2) is 0 Å². The smallest absolute Gasteiger partial charge is 0.305 e. The van der Waals surface area contributed by atoms with E-state index in [4.69, 9.17) is 9.47 Å². The summed E-state index contributed by atoms with van der Waals surface area (Å²) in [5.41, 5.74) is 0. The van der Waals surface area contributed by atoms with Crippen LogP contribution in [0, 0.1) is 0 Å². The van der Waals surface area contributed by atoms with Gasteiger partial charge in [0.2, 0.25) is 0 Å². The van der Waals surface area contributed by atoms with E-state index in [1.54, 1.807) is 0 Å². The van der Waals surface area contributed by atoms with Gasteiger partial charge in [0.05, 0.1) is 19.3 Å². The van der Waals surface area contributed by atoms with Crippen LogP contribution in [-0.2, 0) is 19.1 Å². The number of nitrogens with one attached hydrogen (secondary N) is 1. The number of rotatable bonds is 71. The topological polar surface area (TPSA) is 91.3 Å². The molecule has 0 spiro atoms. The Kier molecular flexibility index (Phi) is 68.5. The van der Waals surface area contributed by atoms with Crippen LogP contribution in [-0.4, -0.2) is 98.5 Å². The van der Waals surface area contributed by atoms with Crippen molar-refractivity contribution < 1.29 is 24.2 Å². The second kappa shape index (κ2) is 69.6. The van der Waals surface area contributed by atoms with Crippen molar-refractivity contribution in [3.05, 3.63) is 0 Å². The Labute approximate surface area is 507 Å². The standard InChI is InChI=1S/C73H147N3O5/c1-5-9-13-17-21-25-29-33-37-41-45-49-55-67-80-72(78)59-57-65-76(66-58-60-73(79)81-68-56-50-46-42-38-34-30-26-22-18-14-10-6-2)70-71(77)69-75(63-53-48-44-40-36-32-28-24-20-16-12-8-4)64-54-52-62-74-61-51-47-43-39-35-31-27-23-19-15-11-7-3/h71,74,77H,5-70H2,1-4H3. The van der Waals surface area contributed by atoms with Crippen molar-refractivity contribution in [1.82, 2.24) is 15.1 Å². The lowest BCUT2D eigenvalue weighted by atomic mass is 10.0. The largest absolute Gasteiger partial charge is 0.466 e. The summed E-state index contributed by atoms with van der Waals surface area (Å²) >= 11 is 0. The fraction of sp³-hybridized carbons (Fsp3) is 0.973. The molecule has 8 heteroatoms. The average molecular weight is 1150 g/mol. The molecule has 0 amide bonds. The Morgan fingerprint density at radius 3 is 0.790 bits per heavy atom. The van der Waals surface area contributed by atoms with E-state index in [0.717, 1.165) is 58.3 Å². The number of carbonyl (C=O) groups excluding carboxylic acids is 2. The van der Waals surface area contributed by atoms with E-state index in [1.165, 1.54) is 302 Å². The van der Waals surface area contributed by atoms with Crippen LogP contribution >= 0.6 is 0 Å². The molecule has 0 aliphatic heterocycles. The number of hydrogen-bond acceptors (Lipinski definition) is 8. The first-order chi connectivity index (χ1) is 40.0. The highest BCUT2D eigenvalue weighted by Crippen LogP contribution is 2.17. The number of hydrogen-bond donors (Lipinski definition) is 2. The van der Waals surface area contributed by atoms with E-state index in [9.17, 15) is 14.7 Å². The lowest BCUT2D eigenvalue weighted by molar-refractivity contribution is -0.144. The van der Waals surface area contributed by atoms with Crippen LogP contribution in [0.25, 0.3) is 0 Å². The van der Waals surface area contributed by atoms with Gasteiger partial charge in [0.25, 0.3) is 0 Å². The van der Waals surface area contributed by atoms with Crippen molar-refractivity contribution in [1.29, 1.82) is 0 Å². The van der Waals surface area contributed by atoms with Gasteiger partial charge in [-0.3, -0.25) is 9.59 Å². The van der Waals surface area contributed by atoms with E-state index in [0.29, 0.717) is 65.1 Å². The van der Waals surface area contributed by atoms with Crippen LogP contribution < -0.4 is 5.32 Å². The highest BCUT2D eigenvalue weighted by atomic mass is 16.5. The second-order valence-electron chi connectivity index (χ2n) is 25.6. The van der Waals surface area contributed by atoms with E-state index in [-0.39, 0.29) is 11.9 Å². The summed E-state index contributed by atoms with van der Waals surface area (Å²) in [6.45, 7) is 17.1. The van der Waals surface area contributed by atoms with E-state index >= 15 is 0 Å². The summed E-state index contributed by atoms with van der Waals surface area (Å²) in [4.78, 5) is 30.6. The highest BCUT2D eigenvalue weighted by molar-refractivity contribution is 5.69. The van der Waals surface area contributed by atoms with Crippen molar-refractivity contribution in [3.8, 4) is 0 Å². The molecule has 0 aromatic rings. The fourth-order valence-electron chi connectivity index (χ4n) is 11.9. The minimum atomic E-state index is -0.490. The van der Waals surface area contributed by atoms with Gasteiger partial charge in [-0.2, -0.15) is 0 Å². The van der Waals surface area contributed by atoms with Gasteiger partial charge in [-0.05, 0) is 90.6 Å². The lowest BCUT2D eigenvalue weighted by Gasteiger charge is -2.29. The number of unbranched alkanes of at least 4 members (excludes halogenated alkanes) is 47. The molecule has 484 valence electrons. The first-order valence-corrected chi connectivity index (χ1v) is 37.1. The molecule has 1 atom stereocenters. The molecular weight excluding hydrogens is 999 g/mol. The number of nitrogens with zero attached hydrogens (tertiary/aromatic N) is 2. The van der Waals surface area contributed by atoms with Crippen molar-refractivity contribution in [2.45, 2.75) is 393 Å². The molecule has 0 radical (unpaired) electrons. The zero-order valence-corrected chi connectivity index (χ0v) is 55.7. The molecule has 0 aromatic carbocycles. The Morgan fingerprint density at radius 1 is 0.296 bits per heavy atom. The zero-order valence-electron chi connectivity index (χ0n) is 55.7. The predicted molar refractivity (Wildman–Crippen MR) is 355 cm³/mol. The predicted octanol–water partition coefficient (Wildman–Crippen LogP) is 21.6. The van der Waals surface area contributed by atoms with Gasteiger partial charge in [0.15, 0.2) is 0 Å². The van der Waals surface area contributed by atoms with Crippen molar-refractivity contribution >= 4 is 11.9 Å². The summed E-state index contributed by atoms with van der Waals surface area (Å²) in [5.74, 6) is -0.216. The number of esters is 2. The quantitative estimate of drug-likeness (QED) is 0.0460. The number of ether oxygens (including phenoxy) is 2. The lowest BCUT2D eigenvalue weighted by Crippen LogP contribution is -2.42. The van der Waals surface area contributed by atoms with Gasteiger partial charge in [-0.1, -0.05) is 323 Å². The zero-order chi connectivity index (χ0) is 58.7. The average Bonchev–Trinajstić information content (AvgIpc) is 3.46. The van der Waals surface area contributed by atoms with Crippen LogP contribution in [0.1, 0.15) is 387 Å². The van der Waals surface area contributed by atoms with Gasteiger partial charge in [-0.25, -0.2) is 0 Å². The van der Waals surface area contributed by atoms with Crippen molar-refractivity contribution in [2.24, 2.45) is 0 Å². The Morgan fingerprint density at radius 2 is 0.506 bits per heavy atom. The van der Waals surface area contributed by atoms with Gasteiger partial charge in [-0.15, -0.1) is 0 Å². The normalized spacial score (nSPS) is 12.1. The monoisotopic (exact) mass is 1150 g/mol. The Bertz CT molecular complexity index is 1160. The molecule has 0 aromatic heterocycles. The highest BCUT2D eigenvalue weighted by Gasteiger charge is 2.18. The third kappa shape index (κ3) is 66.2. The van der Waals surface area contributed by atoms with E-state index in [1.807, 2.05) is 0 Å². The maximum atomic E-state index is 12.9. The molecule has 2 N–H and O–H groups in total. The maximum Gasteiger partial charge on any atom is 0.305 e. The van der Waals surface area contributed by atoms with E-state index in [2.05, 4.69) is 42.8 Å². The minimum absolute atomic E-state index is 0.108. The van der Waals surface area contributed by atoms with Gasteiger partial charge in [0, 0.05) is 25.9 Å². The number of carbonyl (C=O) groups is 2.